The maximum Gasteiger partial charge on any atom is 0.248 e. The lowest BCUT2D eigenvalue weighted by molar-refractivity contribution is 0.100. The Bertz CT molecular complexity index is 1430. The third-order valence-electron chi connectivity index (χ3n) is 5.02. The molecule has 31 heavy (non-hydrogen) atoms. The van der Waals surface area contributed by atoms with E-state index in [0.29, 0.717) is 28.5 Å². The Kier molecular flexibility index (Phi) is 4.44. The molecule has 5 aromatic rings. The number of methoxy groups -OCH3 is 1. The van der Waals surface area contributed by atoms with Crippen molar-refractivity contribution in [2.24, 2.45) is 5.73 Å². The van der Waals surface area contributed by atoms with Gasteiger partial charge in [0.2, 0.25) is 5.91 Å². The Hall–Kier alpha value is -4.46. The zero-order valence-electron chi connectivity index (χ0n) is 16.6. The number of carbonyl (C=O) groups excluding carboxylic acids is 1. The molecule has 1 amide bonds. The molecule has 0 atom stereocenters. The Morgan fingerprint density at radius 3 is 2.48 bits per heavy atom. The average Bonchev–Trinajstić information content (AvgIpc) is 3.23. The molecule has 0 spiro atoms. The minimum atomic E-state index is -0.488. The first-order chi connectivity index (χ1) is 15.1. The molecule has 0 saturated carbocycles. The third-order valence-corrected chi connectivity index (χ3v) is 5.02. The summed E-state index contributed by atoms with van der Waals surface area (Å²) in [7, 11) is 1.63. The summed E-state index contributed by atoms with van der Waals surface area (Å²) in [4.78, 5) is 11.6. The molecule has 3 aromatic carbocycles. The molecular weight excluding hydrogens is 392 g/mol. The van der Waals surface area contributed by atoms with Crippen LogP contribution in [0.3, 0.4) is 0 Å². The monoisotopic (exact) mass is 410 g/mol. The number of hydrogen-bond donors (Lipinski definition) is 2. The lowest BCUT2D eigenvalue weighted by Gasteiger charge is -2.11. The summed E-state index contributed by atoms with van der Waals surface area (Å²) < 4.78 is 6.95. The number of primary amides is 1. The van der Waals surface area contributed by atoms with Crippen molar-refractivity contribution in [3.05, 3.63) is 78.4 Å². The van der Waals surface area contributed by atoms with Crippen molar-refractivity contribution >= 4 is 33.8 Å². The van der Waals surface area contributed by atoms with Crippen LogP contribution in [-0.4, -0.2) is 32.8 Å². The van der Waals surface area contributed by atoms with Crippen LogP contribution in [0.1, 0.15) is 10.4 Å². The normalized spacial score (nSPS) is 11.0. The summed E-state index contributed by atoms with van der Waals surface area (Å²) in [6.07, 6.45) is 0. The molecule has 8 nitrogen and oxygen atoms in total. The second-order valence-corrected chi connectivity index (χ2v) is 6.95. The second-order valence-electron chi connectivity index (χ2n) is 6.95. The maximum atomic E-state index is 11.6. The lowest BCUT2D eigenvalue weighted by Crippen LogP contribution is -2.11. The molecule has 0 unspecified atom stereocenters. The van der Waals surface area contributed by atoms with Gasteiger partial charge < -0.3 is 15.8 Å². The highest BCUT2D eigenvalue weighted by molar-refractivity contribution is 6.01. The molecule has 0 saturated heterocycles. The summed E-state index contributed by atoms with van der Waals surface area (Å²) in [5.41, 5.74) is 8.05. The summed E-state index contributed by atoms with van der Waals surface area (Å²) in [6, 6.07) is 22.4. The van der Waals surface area contributed by atoms with E-state index in [2.05, 4.69) is 15.5 Å². The van der Waals surface area contributed by atoms with E-state index in [0.717, 1.165) is 22.1 Å². The zero-order chi connectivity index (χ0) is 21.4. The number of benzene rings is 3. The predicted octanol–water partition coefficient (Wildman–Crippen LogP) is 3.80. The van der Waals surface area contributed by atoms with Crippen LogP contribution in [0.15, 0.2) is 72.8 Å². The first kappa shape index (κ1) is 18.6. The van der Waals surface area contributed by atoms with Gasteiger partial charge >= 0.3 is 0 Å². The Labute approximate surface area is 177 Å². The van der Waals surface area contributed by atoms with Crippen LogP contribution in [-0.2, 0) is 0 Å². The number of aromatic nitrogens is 4. The zero-order valence-corrected chi connectivity index (χ0v) is 16.6. The van der Waals surface area contributed by atoms with Gasteiger partial charge in [0, 0.05) is 27.6 Å². The Morgan fingerprint density at radius 1 is 0.968 bits per heavy atom. The van der Waals surface area contributed by atoms with E-state index in [9.17, 15) is 4.79 Å². The molecule has 0 aliphatic heterocycles. The largest absolute Gasteiger partial charge is 0.497 e. The van der Waals surface area contributed by atoms with Gasteiger partial charge in [-0.2, -0.15) is 4.52 Å². The van der Waals surface area contributed by atoms with Gasteiger partial charge in [-0.1, -0.05) is 30.3 Å². The highest BCUT2D eigenvalue weighted by atomic mass is 16.5. The second kappa shape index (κ2) is 7.42. The topological polar surface area (TPSA) is 107 Å². The van der Waals surface area contributed by atoms with Crippen LogP contribution in [0.5, 0.6) is 5.75 Å². The average molecular weight is 410 g/mol. The first-order valence-corrected chi connectivity index (χ1v) is 9.59. The lowest BCUT2D eigenvalue weighted by atomic mass is 10.1. The van der Waals surface area contributed by atoms with Gasteiger partial charge in [-0.15, -0.1) is 15.3 Å². The molecule has 0 bridgehead atoms. The molecule has 8 heteroatoms. The minimum absolute atomic E-state index is 0.415. The SMILES string of the molecule is COc1ccc(-c2nnc3c4ccccc4c(Nc4cccc(C(N)=O)c4)nn23)cc1. The van der Waals surface area contributed by atoms with E-state index in [1.54, 1.807) is 29.8 Å². The van der Waals surface area contributed by atoms with Crippen LogP contribution in [0.4, 0.5) is 11.5 Å². The molecule has 2 aromatic heterocycles. The van der Waals surface area contributed by atoms with E-state index < -0.39 is 5.91 Å². The molecule has 152 valence electrons. The third kappa shape index (κ3) is 3.29. The highest BCUT2D eigenvalue weighted by Crippen LogP contribution is 2.30. The van der Waals surface area contributed by atoms with Crippen molar-refractivity contribution < 1.29 is 9.53 Å². The van der Waals surface area contributed by atoms with Crippen molar-refractivity contribution in [3.8, 4) is 17.1 Å². The number of rotatable bonds is 5. The van der Waals surface area contributed by atoms with Gasteiger partial charge in [-0.3, -0.25) is 4.79 Å². The van der Waals surface area contributed by atoms with Gasteiger partial charge in [-0.05, 0) is 42.5 Å². The standard InChI is InChI=1S/C23H18N6O2/c1-31-17-11-9-14(10-12-17)22-26-27-23-19-8-3-2-7-18(19)21(28-29(22)23)25-16-6-4-5-15(13-16)20(24)30/h2-13H,1H3,(H2,24,30)(H,25,28). The molecule has 2 heterocycles. The number of ether oxygens (including phenoxy) is 1. The first-order valence-electron chi connectivity index (χ1n) is 9.59. The van der Waals surface area contributed by atoms with E-state index in [-0.39, 0.29) is 0 Å². The number of anilines is 2. The number of nitrogens with zero attached hydrogens (tertiary/aromatic N) is 4. The summed E-state index contributed by atoms with van der Waals surface area (Å²) >= 11 is 0. The fourth-order valence-corrected chi connectivity index (χ4v) is 3.48. The highest BCUT2D eigenvalue weighted by Gasteiger charge is 2.16. The van der Waals surface area contributed by atoms with E-state index in [1.807, 2.05) is 54.6 Å². The van der Waals surface area contributed by atoms with Gasteiger partial charge in [0.15, 0.2) is 17.3 Å². The molecule has 0 fully saturated rings. The number of carbonyl (C=O) groups is 1. The Morgan fingerprint density at radius 2 is 1.74 bits per heavy atom. The predicted molar refractivity (Wildman–Crippen MR) is 119 cm³/mol. The number of fused-ring (bicyclic) bond motifs is 3. The summed E-state index contributed by atoms with van der Waals surface area (Å²) in [5, 5.41) is 18.6. The smallest absolute Gasteiger partial charge is 0.248 e. The van der Waals surface area contributed by atoms with Crippen molar-refractivity contribution in [3.63, 3.8) is 0 Å². The molecular formula is C23H18N6O2. The van der Waals surface area contributed by atoms with Gasteiger partial charge in [0.05, 0.1) is 7.11 Å². The van der Waals surface area contributed by atoms with E-state index in [4.69, 9.17) is 15.6 Å². The van der Waals surface area contributed by atoms with Crippen LogP contribution >= 0.6 is 0 Å². The number of hydrogen-bond acceptors (Lipinski definition) is 6. The van der Waals surface area contributed by atoms with Crippen molar-refractivity contribution in [2.75, 3.05) is 12.4 Å². The fourth-order valence-electron chi connectivity index (χ4n) is 3.48. The molecule has 5 rings (SSSR count). The number of nitrogens with one attached hydrogen (secondary N) is 1. The van der Waals surface area contributed by atoms with Crippen molar-refractivity contribution in [1.29, 1.82) is 0 Å². The fraction of sp³-hybridized carbons (Fsp3) is 0.0435. The molecule has 0 radical (unpaired) electrons. The van der Waals surface area contributed by atoms with E-state index in [1.165, 1.54) is 0 Å². The quantitative estimate of drug-likeness (QED) is 0.456. The van der Waals surface area contributed by atoms with Crippen LogP contribution < -0.4 is 15.8 Å². The van der Waals surface area contributed by atoms with Gasteiger partial charge in [0.1, 0.15) is 5.75 Å². The van der Waals surface area contributed by atoms with Crippen LogP contribution in [0.2, 0.25) is 0 Å². The van der Waals surface area contributed by atoms with Gasteiger partial charge in [0.25, 0.3) is 0 Å². The Balaban J connectivity index is 1.68. The minimum Gasteiger partial charge on any atom is -0.497 e. The van der Waals surface area contributed by atoms with Gasteiger partial charge in [-0.25, -0.2) is 0 Å². The summed E-state index contributed by atoms with van der Waals surface area (Å²) in [6.45, 7) is 0. The number of nitrogens with two attached hydrogens (primary N) is 1. The molecule has 3 N–H and O–H groups in total. The maximum absolute atomic E-state index is 11.6. The summed E-state index contributed by atoms with van der Waals surface area (Å²) in [5.74, 6) is 1.49. The molecule has 0 aliphatic carbocycles. The van der Waals surface area contributed by atoms with Crippen LogP contribution in [0.25, 0.3) is 27.8 Å². The molecule has 0 aliphatic rings. The van der Waals surface area contributed by atoms with Crippen molar-refractivity contribution in [2.45, 2.75) is 0 Å². The van der Waals surface area contributed by atoms with E-state index >= 15 is 0 Å². The van der Waals surface area contributed by atoms with Crippen LogP contribution in [0, 0.1) is 0 Å². The van der Waals surface area contributed by atoms with Crippen molar-refractivity contribution in [1.82, 2.24) is 19.8 Å². The number of amides is 1.